The summed E-state index contributed by atoms with van der Waals surface area (Å²) in [5, 5.41) is 3.54. The topological polar surface area (TPSA) is 30.5 Å². The van der Waals surface area contributed by atoms with E-state index in [1.165, 1.54) is 19.3 Å². The van der Waals surface area contributed by atoms with E-state index in [0.29, 0.717) is 11.5 Å². The third-order valence-electron chi connectivity index (χ3n) is 4.23. The standard InChI is InChI=1S/C14H27NO2/c1-3-15-11-14(7-9-16-4-2)8-10-17-13(14)12-5-6-12/h12-13,15H,3-11H2,1-2H3. The summed E-state index contributed by atoms with van der Waals surface area (Å²) in [6, 6.07) is 0. The fourth-order valence-corrected chi connectivity index (χ4v) is 3.08. The van der Waals surface area contributed by atoms with E-state index in [2.05, 4.69) is 19.2 Å². The van der Waals surface area contributed by atoms with Crippen LogP contribution >= 0.6 is 0 Å². The number of rotatable bonds is 8. The number of hydrogen-bond donors (Lipinski definition) is 1. The Hall–Kier alpha value is -0.120. The fourth-order valence-electron chi connectivity index (χ4n) is 3.08. The van der Waals surface area contributed by atoms with Crippen molar-refractivity contribution in [3.8, 4) is 0 Å². The molecule has 0 radical (unpaired) electrons. The monoisotopic (exact) mass is 241 g/mol. The Bertz CT molecular complexity index is 230. The SMILES string of the molecule is CCNCC1(CCOCC)CCOC1C1CC1. The molecule has 1 heterocycles. The Balaban J connectivity index is 1.94. The van der Waals surface area contributed by atoms with E-state index >= 15 is 0 Å². The molecule has 0 aromatic carbocycles. The van der Waals surface area contributed by atoms with Gasteiger partial charge in [0.1, 0.15) is 0 Å². The van der Waals surface area contributed by atoms with Crippen LogP contribution in [0.4, 0.5) is 0 Å². The minimum atomic E-state index is 0.340. The first kappa shape index (κ1) is 13.3. The van der Waals surface area contributed by atoms with Gasteiger partial charge < -0.3 is 14.8 Å². The zero-order valence-corrected chi connectivity index (χ0v) is 11.3. The summed E-state index contributed by atoms with van der Waals surface area (Å²) in [7, 11) is 0. The zero-order chi connectivity index (χ0) is 12.1. The highest BCUT2D eigenvalue weighted by Crippen LogP contribution is 2.49. The van der Waals surface area contributed by atoms with Crippen LogP contribution in [0.2, 0.25) is 0 Å². The number of hydrogen-bond acceptors (Lipinski definition) is 3. The van der Waals surface area contributed by atoms with Gasteiger partial charge in [0, 0.05) is 31.8 Å². The second kappa shape index (κ2) is 6.17. The Morgan fingerprint density at radius 1 is 1.35 bits per heavy atom. The van der Waals surface area contributed by atoms with Crippen molar-refractivity contribution in [3.63, 3.8) is 0 Å². The summed E-state index contributed by atoms with van der Waals surface area (Å²) >= 11 is 0. The third kappa shape index (κ3) is 3.21. The van der Waals surface area contributed by atoms with Gasteiger partial charge in [-0.15, -0.1) is 0 Å². The molecule has 0 spiro atoms. The van der Waals surface area contributed by atoms with Gasteiger partial charge in [0.15, 0.2) is 0 Å². The van der Waals surface area contributed by atoms with Crippen LogP contribution in [-0.4, -0.2) is 39.0 Å². The maximum atomic E-state index is 6.03. The first-order valence-corrected chi connectivity index (χ1v) is 7.22. The first-order chi connectivity index (χ1) is 8.32. The quantitative estimate of drug-likeness (QED) is 0.661. The molecule has 3 nitrogen and oxygen atoms in total. The molecule has 100 valence electrons. The Morgan fingerprint density at radius 2 is 2.18 bits per heavy atom. The Kier molecular flexibility index (Phi) is 4.83. The van der Waals surface area contributed by atoms with Crippen LogP contribution in [0.1, 0.15) is 39.5 Å². The molecule has 17 heavy (non-hydrogen) atoms. The molecule has 0 aromatic rings. The van der Waals surface area contributed by atoms with Gasteiger partial charge in [-0.2, -0.15) is 0 Å². The van der Waals surface area contributed by atoms with Crippen LogP contribution in [0.5, 0.6) is 0 Å². The first-order valence-electron chi connectivity index (χ1n) is 7.22. The van der Waals surface area contributed by atoms with Crippen molar-refractivity contribution in [2.75, 3.05) is 32.9 Å². The zero-order valence-electron chi connectivity index (χ0n) is 11.3. The molecular formula is C14H27NO2. The summed E-state index contributed by atoms with van der Waals surface area (Å²) in [4.78, 5) is 0. The molecule has 1 N–H and O–H groups in total. The number of ether oxygens (including phenoxy) is 2. The molecule has 2 atom stereocenters. The van der Waals surface area contributed by atoms with Crippen LogP contribution in [-0.2, 0) is 9.47 Å². The molecule has 1 aliphatic carbocycles. The van der Waals surface area contributed by atoms with Crippen LogP contribution in [0.15, 0.2) is 0 Å². The van der Waals surface area contributed by atoms with E-state index in [0.717, 1.165) is 45.2 Å². The lowest BCUT2D eigenvalue weighted by atomic mass is 9.76. The second-order valence-electron chi connectivity index (χ2n) is 5.47. The van der Waals surface area contributed by atoms with Crippen LogP contribution in [0.3, 0.4) is 0 Å². The fraction of sp³-hybridized carbons (Fsp3) is 1.00. The van der Waals surface area contributed by atoms with Crippen molar-refractivity contribution in [2.45, 2.75) is 45.6 Å². The Labute approximate surface area is 105 Å². The van der Waals surface area contributed by atoms with Gasteiger partial charge in [0.25, 0.3) is 0 Å². The lowest BCUT2D eigenvalue weighted by Gasteiger charge is -2.34. The van der Waals surface area contributed by atoms with E-state index in [4.69, 9.17) is 9.47 Å². The molecule has 2 aliphatic rings. The average molecular weight is 241 g/mol. The van der Waals surface area contributed by atoms with Crippen molar-refractivity contribution >= 4 is 0 Å². The van der Waals surface area contributed by atoms with Gasteiger partial charge in [0.2, 0.25) is 0 Å². The van der Waals surface area contributed by atoms with Gasteiger partial charge in [-0.25, -0.2) is 0 Å². The predicted octanol–water partition coefficient (Wildman–Crippen LogP) is 2.21. The molecule has 2 unspecified atom stereocenters. The van der Waals surface area contributed by atoms with Crippen molar-refractivity contribution in [1.82, 2.24) is 5.32 Å². The van der Waals surface area contributed by atoms with E-state index in [-0.39, 0.29) is 0 Å². The Morgan fingerprint density at radius 3 is 2.82 bits per heavy atom. The lowest BCUT2D eigenvalue weighted by Crippen LogP contribution is -2.42. The summed E-state index contributed by atoms with van der Waals surface area (Å²) in [6.07, 6.45) is 5.57. The highest BCUT2D eigenvalue weighted by molar-refractivity contribution is 5.00. The highest BCUT2D eigenvalue weighted by Gasteiger charge is 2.50. The largest absolute Gasteiger partial charge is 0.382 e. The summed E-state index contributed by atoms with van der Waals surface area (Å²) in [6.45, 7) is 9.05. The van der Waals surface area contributed by atoms with Crippen molar-refractivity contribution in [3.05, 3.63) is 0 Å². The highest BCUT2D eigenvalue weighted by atomic mass is 16.5. The van der Waals surface area contributed by atoms with Crippen molar-refractivity contribution in [1.29, 1.82) is 0 Å². The predicted molar refractivity (Wildman–Crippen MR) is 69.2 cm³/mol. The lowest BCUT2D eigenvalue weighted by molar-refractivity contribution is 0.0102. The van der Waals surface area contributed by atoms with Gasteiger partial charge in [-0.3, -0.25) is 0 Å². The average Bonchev–Trinajstić information content (AvgIpc) is 3.10. The minimum absolute atomic E-state index is 0.340. The molecule has 2 rings (SSSR count). The molecular weight excluding hydrogens is 214 g/mol. The summed E-state index contributed by atoms with van der Waals surface area (Å²) in [5.41, 5.74) is 0.340. The molecule has 1 saturated carbocycles. The molecule has 1 saturated heterocycles. The molecule has 0 bridgehead atoms. The van der Waals surface area contributed by atoms with E-state index in [9.17, 15) is 0 Å². The number of nitrogens with one attached hydrogen (secondary N) is 1. The summed E-state index contributed by atoms with van der Waals surface area (Å²) < 4.78 is 11.6. The minimum Gasteiger partial charge on any atom is -0.382 e. The van der Waals surface area contributed by atoms with Gasteiger partial charge in [0.05, 0.1) is 6.10 Å². The van der Waals surface area contributed by atoms with Crippen LogP contribution in [0.25, 0.3) is 0 Å². The molecule has 1 aliphatic heterocycles. The molecule has 0 amide bonds. The molecule has 0 aromatic heterocycles. The second-order valence-corrected chi connectivity index (χ2v) is 5.47. The normalized spacial score (nSPS) is 33.2. The molecule has 3 heteroatoms. The maximum Gasteiger partial charge on any atom is 0.0673 e. The van der Waals surface area contributed by atoms with E-state index in [1.807, 2.05) is 0 Å². The van der Waals surface area contributed by atoms with E-state index in [1.54, 1.807) is 0 Å². The van der Waals surface area contributed by atoms with Crippen molar-refractivity contribution < 1.29 is 9.47 Å². The molecule has 2 fully saturated rings. The van der Waals surface area contributed by atoms with Crippen LogP contribution in [0, 0.1) is 11.3 Å². The van der Waals surface area contributed by atoms with Crippen molar-refractivity contribution in [2.24, 2.45) is 11.3 Å². The summed E-state index contributed by atoms with van der Waals surface area (Å²) in [5.74, 6) is 0.831. The van der Waals surface area contributed by atoms with Gasteiger partial charge >= 0.3 is 0 Å². The smallest absolute Gasteiger partial charge is 0.0673 e. The maximum absolute atomic E-state index is 6.03. The third-order valence-corrected chi connectivity index (χ3v) is 4.23. The van der Waals surface area contributed by atoms with Gasteiger partial charge in [-0.1, -0.05) is 6.92 Å². The van der Waals surface area contributed by atoms with Gasteiger partial charge in [-0.05, 0) is 45.1 Å². The van der Waals surface area contributed by atoms with Crippen LogP contribution < -0.4 is 5.32 Å². The van der Waals surface area contributed by atoms with E-state index < -0.39 is 0 Å².